The van der Waals surface area contributed by atoms with E-state index in [1.165, 1.54) is 31.2 Å². The van der Waals surface area contributed by atoms with Gasteiger partial charge in [-0.1, -0.05) is 25.5 Å². The van der Waals surface area contributed by atoms with E-state index in [2.05, 4.69) is 35.4 Å². The van der Waals surface area contributed by atoms with Crippen molar-refractivity contribution in [2.45, 2.75) is 52.1 Å². The van der Waals surface area contributed by atoms with Crippen molar-refractivity contribution in [2.75, 3.05) is 0 Å². The number of nitrogens with one attached hydrogen (secondary N) is 1. The second kappa shape index (κ2) is 6.02. The van der Waals surface area contributed by atoms with Crippen molar-refractivity contribution in [1.29, 1.82) is 0 Å². The zero-order chi connectivity index (χ0) is 14.8. The highest BCUT2D eigenvalue weighted by molar-refractivity contribution is 5.79. The molecule has 1 aliphatic carbocycles. The Balaban J connectivity index is 1.79. The number of quaternary nitrogens is 1. The van der Waals surface area contributed by atoms with Crippen LogP contribution in [0.2, 0.25) is 0 Å². The van der Waals surface area contributed by atoms with E-state index in [4.69, 9.17) is 0 Å². The average molecular weight is 285 g/mol. The third-order valence-corrected chi connectivity index (χ3v) is 4.90. The molecule has 1 heterocycles. The quantitative estimate of drug-likeness (QED) is 0.894. The number of hydrogen-bond acceptors (Lipinski definition) is 1. The van der Waals surface area contributed by atoms with Gasteiger partial charge in [-0.2, -0.15) is 0 Å². The monoisotopic (exact) mass is 285 g/mol. The van der Waals surface area contributed by atoms with E-state index in [9.17, 15) is 4.79 Å². The van der Waals surface area contributed by atoms with Crippen LogP contribution >= 0.6 is 0 Å². The van der Waals surface area contributed by atoms with E-state index in [0.29, 0.717) is 6.04 Å². The molecule has 0 spiro atoms. The number of rotatable bonds is 3. The molecule has 2 aromatic rings. The topological polar surface area (TPSA) is 49.5 Å². The number of pyridine rings is 1. The van der Waals surface area contributed by atoms with Crippen LogP contribution < -0.4 is 10.9 Å². The lowest BCUT2D eigenvalue weighted by Gasteiger charge is -2.26. The second-order valence-electron chi connectivity index (χ2n) is 6.58. The zero-order valence-corrected chi connectivity index (χ0v) is 13.0. The van der Waals surface area contributed by atoms with Gasteiger partial charge in [-0.05, 0) is 49.3 Å². The molecule has 0 radical (unpaired) electrons. The van der Waals surface area contributed by atoms with Crippen molar-refractivity contribution in [3.63, 3.8) is 0 Å². The summed E-state index contributed by atoms with van der Waals surface area (Å²) in [5.74, 6) is 0.765. The van der Waals surface area contributed by atoms with Gasteiger partial charge < -0.3 is 10.3 Å². The molecule has 21 heavy (non-hydrogen) atoms. The van der Waals surface area contributed by atoms with Crippen LogP contribution in [0, 0.1) is 12.8 Å². The van der Waals surface area contributed by atoms with Crippen LogP contribution in [0.3, 0.4) is 0 Å². The lowest BCUT2D eigenvalue weighted by molar-refractivity contribution is -0.712. The Morgan fingerprint density at radius 1 is 1.24 bits per heavy atom. The Morgan fingerprint density at radius 2 is 2.05 bits per heavy atom. The van der Waals surface area contributed by atoms with Crippen molar-refractivity contribution in [3.05, 3.63) is 45.7 Å². The first kappa shape index (κ1) is 14.3. The van der Waals surface area contributed by atoms with E-state index in [1.54, 1.807) is 0 Å². The molecule has 0 unspecified atom stereocenters. The van der Waals surface area contributed by atoms with Crippen LogP contribution in [0.5, 0.6) is 0 Å². The molecule has 1 aliphatic rings. The van der Waals surface area contributed by atoms with E-state index < -0.39 is 0 Å². The third kappa shape index (κ3) is 3.18. The molecule has 0 saturated heterocycles. The third-order valence-electron chi connectivity index (χ3n) is 4.90. The van der Waals surface area contributed by atoms with E-state index in [1.807, 2.05) is 13.0 Å². The van der Waals surface area contributed by atoms with Gasteiger partial charge in [-0.3, -0.25) is 4.79 Å². The molecule has 1 saturated carbocycles. The number of aryl methyl sites for hydroxylation is 1. The maximum absolute atomic E-state index is 12.2. The number of H-pyrrole nitrogens is 1. The zero-order valence-electron chi connectivity index (χ0n) is 13.0. The number of aromatic nitrogens is 1. The van der Waals surface area contributed by atoms with E-state index >= 15 is 0 Å². The molecule has 1 fully saturated rings. The van der Waals surface area contributed by atoms with Gasteiger partial charge in [0.15, 0.2) is 0 Å². The minimum absolute atomic E-state index is 0.0628. The highest BCUT2D eigenvalue weighted by atomic mass is 16.1. The van der Waals surface area contributed by atoms with Gasteiger partial charge in [0, 0.05) is 11.4 Å². The Kier molecular flexibility index (Phi) is 4.11. The second-order valence-corrected chi connectivity index (χ2v) is 6.58. The molecule has 1 aromatic carbocycles. The Morgan fingerprint density at radius 3 is 2.86 bits per heavy atom. The molecule has 0 bridgehead atoms. The van der Waals surface area contributed by atoms with Crippen molar-refractivity contribution in [2.24, 2.45) is 5.92 Å². The summed E-state index contributed by atoms with van der Waals surface area (Å²) < 4.78 is 0. The van der Waals surface area contributed by atoms with Crippen LogP contribution in [0.4, 0.5) is 0 Å². The van der Waals surface area contributed by atoms with Gasteiger partial charge in [0.05, 0.1) is 11.6 Å². The van der Waals surface area contributed by atoms with Gasteiger partial charge in [0.2, 0.25) is 0 Å². The van der Waals surface area contributed by atoms with Gasteiger partial charge in [0.1, 0.15) is 6.54 Å². The fourth-order valence-corrected chi connectivity index (χ4v) is 3.49. The highest BCUT2D eigenvalue weighted by Gasteiger charge is 2.24. The van der Waals surface area contributed by atoms with Crippen molar-refractivity contribution >= 4 is 10.9 Å². The largest absolute Gasteiger partial charge is 0.340 e. The minimum Gasteiger partial charge on any atom is -0.340 e. The van der Waals surface area contributed by atoms with E-state index in [0.717, 1.165) is 28.9 Å². The standard InChI is InChI=1S/C18H24N2O/c1-12-7-8-14-10-15(18(21)20-17(14)9-12)11-19-16-6-4-3-5-13(16)2/h7-10,13,16,19H,3-6,11H2,1-2H3,(H,20,21)/p+1/t13-,16-/m0/s1. The Bertz CT molecular complexity index is 689. The molecule has 0 aliphatic heterocycles. The molecule has 3 rings (SSSR count). The number of hydrogen-bond donors (Lipinski definition) is 2. The molecule has 1 aromatic heterocycles. The van der Waals surface area contributed by atoms with Crippen molar-refractivity contribution in [1.82, 2.24) is 4.98 Å². The fraction of sp³-hybridized carbons (Fsp3) is 0.500. The SMILES string of the molecule is Cc1ccc2cc(C[NH2+][C@H]3CCCC[C@@H]3C)c(=O)[nH]c2c1. The van der Waals surface area contributed by atoms with Gasteiger partial charge in [-0.15, -0.1) is 0 Å². The molecule has 0 amide bonds. The average Bonchev–Trinajstić information content (AvgIpc) is 2.46. The van der Waals surface area contributed by atoms with Crippen LogP contribution in [-0.4, -0.2) is 11.0 Å². The maximum Gasteiger partial charge on any atom is 0.257 e. The lowest BCUT2D eigenvalue weighted by Crippen LogP contribution is -2.90. The molecule has 3 N–H and O–H groups in total. The number of benzene rings is 1. The van der Waals surface area contributed by atoms with Crippen molar-refractivity contribution in [3.8, 4) is 0 Å². The van der Waals surface area contributed by atoms with Gasteiger partial charge in [-0.25, -0.2) is 0 Å². The summed E-state index contributed by atoms with van der Waals surface area (Å²) in [5.41, 5.74) is 3.07. The lowest BCUT2D eigenvalue weighted by atomic mass is 9.86. The summed E-state index contributed by atoms with van der Waals surface area (Å²) >= 11 is 0. The van der Waals surface area contributed by atoms with Crippen LogP contribution in [0.1, 0.15) is 43.7 Å². The first-order valence-electron chi connectivity index (χ1n) is 8.09. The number of nitrogens with two attached hydrogens (primary N) is 1. The summed E-state index contributed by atoms with van der Waals surface area (Å²) in [6.07, 6.45) is 5.31. The molecule has 112 valence electrons. The summed E-state index contributed by atoms with van der Waals surface area (Å²) in [7, 11) is 0. The fourth-order valence-electron chi connectivity index (χ4n) is 3.49. The number of aromatic amines is 1. The predicted molar refractivity (Wildman–Crippen MR) is 86.4 cm³/mol. The summed E-state index contributed by atoms with van der Waals surface area (Å²) in [5, 5.41) is 3.49. The molecule has 3 nitrogen and oxygen atoms in total. The summed E-state index contributed by atoms with van der Waals surface area (Å²) in [6.45, 7) is 5.17. The minimum atomic E-state index is 0.0628. The normalized spacial score (nSPS) is 22.6. The first-order valence-corrected chi connectivity index (χ1v) is 8.09. The molecule has 2 atom stereocenters. The summed E-state index contributed by atoms with van der Waals surface area (Å²) in [4.78, 5) is 15.2. The molecular formula is C18H25N2O+. The first-order chi connectivity index (χ1) is 10.1. The number of fused-ring (bicyclic) bond motifs is 1. The Hall–Kier alpha value is -1.61. The molecule has 3 heteroatoms. The summed E-state index contributed by atoms with van der Waals surface area (Å²) in [6, 6.07) is 8.95. The highest BCUT2D eigenvalue weighted by Crippen LogP contribution is 2.21. The van der Waals surface area contributed by atoms with Gasteiger partial charge >= 0.3 is 0 Å². The Labute approximate surface area is 125 Å². The van der Waals surface area contributed by atoms with Crippen LogP contribution in [-0.2, 0) is 6.54 Å². The maximum atomic E-state index is 12.2. The van der Waals surface area contributed by atoms with Gasteiger partial charge in [0.25, 0.3) is 5.56 Å². The molecular weight excluding hydrogens is 260 g/mol. The van der Waals surface area contributed by atoms with Crippen molar-refractivity contribution < 1.29 is 5.32 Å². The smallest absolute Gasteiger partial charge is 0.257 e. The predicted octanol–water partition coefficient (Wildman–Crippen LogP) is 2.48. The van der Waals surface area contributed by atoms with E-state index in [-0.39, 0.29) is 5.56 Å². The van der Waals surface area contributed by atoms with Crippen LogP contribution in [0.25, 0.3) is 10.9 Å². The van der Waals surface area contributed by atoms with Crippen LogP contribution in [0.15, 0.2) is 29.1 Å².